The second kappa shape index (κ2) is 16.0. The predicted molar refractivity (Wildman–Crippen MR) is 150 cm³/mol. The molecule has 14 N–H and O–H groups in total. The van der Waals surface area contributed by atoms with Gasteiger partial charge in [-0.3, -0.25) is 5.41 Å². The number of aliphatic hydroxyl groups is 8. The molecule has 0 amide bonds. The van der Waals surface area contributed by atoms with Gasteiger partial charge < -0.3 is 76.6 Å². The monoisotopic (exact) mass is 624 g/mol. The second-order valence-corrected chi connectivity index (χ2v) is 12.3. The van der Waals surface area contributed by atoms with Gasteiger partial charge >= 0.3 is 0 Å². The fourth-order valence-corrected chi connectivity index (χ4v) is 5.73. The lowest BCUT2D eigenvalue weighted by Crippen LogP contribution is -2.68. The predicted octanol–water partition coefficient (Wildman–Crippen LogP) is -4.04. The number of unbranched alkanes of at least 4 members (excludes halogenated alkanes) is 1. The molecule has 16 heteroatoms. The van der Waals surface area contributed by atoms with E-state index in [1.807, 2.05) is 0 Å². The first-order valence-corrected chi connectivity index (χ1v) is 15.0. The maximum absolute atomic E-state index is 11.6. The molecule has 0 bridgehead atoms. The number of nitrogens with one attached hydrogen (secondary N) is 2. The van der Waals surface area contributed by atoms with Gasteiger partial charge in [-0.15, -0.1) is 0 Å². The van der Waals surface area contributed by atoms with Crippen molar-refractivity contribution in [3.63, 3.8) is 0 Å². The van der Waals surface area contributed by atoms with Crippen LogP contribution in [-0.2, 0) is 18.9 Å². The minimum Gasteiger partial charge on any atom is -0.396 e. The van der Waals surface area contributed by atoms with Crippen LogP contribution < -0.4 is 16.8 Å². The van der Waals surface area contributed by atoms with E-state index in [4.69, 9.17) is 46.0 Å². The van der Waals surface area contributed by atoms with Crippen molar-refractivity contribution in [2.75, 3.05) is 19.8 Å². The van der Waals surface area contributed by atoms with Crippen LogP contribution >= 0.6 is 0 Å². The highest BCUT2D eigenvalue weighted by atomic mass is 16.7. The average molecular weight is 625 g/mol. The summed E-state index contributed by atoms with van der Waals surface area (Å²) >= 11 is 0. The highest BCUT2D eigenvalue weighted by Crippen LogP contribution is 2.34. The van der Waals surface area contributed by atoms with Crippen molar-refractivity contribution in [2.24, 2.45) is 17.4 Å². The summed E-state index contributed by atoms with van der Waals surface area (Å²) in [5.74, 6) is -1.30. The van der Waals surface area contributed by atoms with Gasteiger partial charge in [0.1, 0.15) is 48.6 Å². The lowest BCUT2D eigenvalue weighted by atomic mass is 9.82. The number of hydrogen-bond acceptors (Lipinski definition) is 15. The smallest absolute Gasteiger partial charge is 0.184 e. The van der Waals surface area contributed by atoms with Gasteiger partial charge in [0.2, 0.25) is 0 Å². The maximum atomic E-state index is 11.6. The molecule has 0 aromatic heterocycles. The Kier molecular flexibility index (Phi) is 13.5. The molecule has 43 heavy (non-hydrogen) atoms. The van der Waals surface area contributed by atoms with Crippen molar-refractivity contribution in [3.8, 4) is 0 Å². The molecule has 0 aromatic rings. The number of amidine groups is 1. The molecule has 0 spiro atoms. The van der Waals surface area contributed by atoms with Crippen LogP contribution in [0.2, 0.25) is 0 Å². The van der Waals surface area contributed by atoms with Gasteiger partial charge in [-0.25, -0.2) is 0 Å². The average Bonchev–Trinajstić information content (AvgIpc) is 2.97. The van der Waals surface area contributed by atoms with Crippen LogP contribution in [-0.4, -0.2) is 152 Å². The van der Waals surface area contributed by atoms with Crippen LogP contribution in [0, 0.1) is 11.3 Å². The van der Waals surface area contributed by atoms with Crippen molar-refractivity contribution in [1.29, 1.82) is 5.41 Å². The van der Waals surface area contributed by atoms with E-state index in [0.29, 0.717) is 25.7 Å². The molecule has 15 atom stereocenters. The summed E-state index contributed by atoms with van der Waals surface area (Å²) in [4.78, 5) is 0. The number of nitrogens with two attached hydrogens (primary N) is 2. The Morgan fingerprint density at radius 1 is 1.02 bits per heavy atom. The molecule has 2 saturated heterocycles. The van der Waals surface area contributed by atoms with Crippen LogP contribution in [0.4, 0.5) is 0 Å². The third-order valence-corrected chi connectivity index (χ3v) is 8.89. The van der Waals surface area contributed by atoms with E-state index in [2.05, 4.69) is 5.32 Å². The lowest BCUT2D eigenvalue weighted by molar-refractivity contribution is -0.313. The molecule has 0 aromatic carbocycles. The van der Waals surface area contributed by atoms with E-state index in [9.17, 15) is 30.6 Å². The van der Waals surface area contributed by atoms with Gasteiger partial charge in [0.25, 0.3) is 0 Å². The van der Waals surface area contributed by atoms with Crippen LogP contribution in [0.1, 0.15) is 52.4 Å². The summed E-state index contributed by atoms with van der Waals surface area (Å²) in [6.45, 7) is 2.20. The van der Waals surface area contributed by atoms with Crippen molar-refractivity contribution >= 4 is 5.84 Å². The molecule has 0 radical (unpaired) electrons. The van der Waals surface area contributed by atoms with Crippen LogP contribution in [0.3, 0.4) is 0 Å². The summed E-state index contributed by atoms with van der Waals surface area (Å²) in [5.41, 5.74) is 11.4. The van der Waals surface area contributed by atoms with E-state index in [1.165, 1.54) is 6.92 Å². The van der Waals surface area contributed by atoms with E-state index < -0.39 is 97.4 Å². The van der Waals surface area contributed by atoms with Gasteiger partial charge in [-0.05, 0) is 45.4 Å². The highest BCUT2D eigenvalue weighted by Gasteiger charge is 2.51. The Morgan fingerprint density at radius 2 is 1.70 bits per heavy atom. The van der Waals surface area contributed by atoms with Gasteiger partial charge in [-0.1, -0.05) is 6.92 Å². The van der Waals surface area contributed by atoms with Crippen molar-refractivity contribution in [1.82, 2.24) is 5.32 Å². The first-order valence-electron chi connectivity index (χ1n) is 15.0. The maximum Gasteiger partial charge on any atom is 0.184 e. The zero-order valence-corrected chi connectivity index (χ0v) is 24.8. The zero-order valence-electron chi connectivity index (χ0n) is 24.8. The third-order valence-electron chi connectivity index (χ3n) is 8.89. The molecular formula is C27H52N4O12. The quantitative estimate of drug-likeness (QED) is 0.0528. The molecular weight excluding hydrogens is 572 g/mol. The number of ether oxygens (including phenoxy) is 4. The minimum atomic E-state index is -1.92. The molecule has 3 aliphatic rings. The summed E-state index contributed by atoms with van der Waals surface area (Å²) in [7, 11) is 0. The van der Waals surface area contributed by atoms with E-state index in [1.54, 1.807) is 6.92 Å². The molecule has 1 aliphatic carbocycles. The molecule has 16 nitrogen and oxygen atoms in total. The fraction of sp³-hybridized carbons (Fsp3) is 0.963. The van der Waals surface area contributed by atoms with E-state index in [0.717, 1.165) is 6.42 Å². The largest absolute Gasteiger partial charge is 0.396 e. The number of aliphatic hydroxyl groups excluding tert-OH is 7. The molecule has 1 saturated carbocycles. The molecule has 252 valence electrons. The van der Waals surface area contributed by atoms with Crippen LogP contribution in [0.15, 0.2) is 0 Å². The highest BCUT2D eigenvalue weighted by molar-refractivity contribution is 5.84. The summed E-state index contributed by atoms with van der Waals surface area (Å²) < 4.78 is 23.9. The SMILES string of the molecule is C[C@@H]1C(O)[C@@H](OC2C(O)C(O[C@H]3O[C@H](CCCCO)CCC3N)[C@@H](N)C[C@H]2NC(=N)C(O)C(O)C(O)CO)OCC1(C)O. The first-order chi connectivity index (χ1) is 20.2. The molecule has 3 fully saturated rings. The van der Waals surface area contributed by atoms with Gasteiger partial charge in [0.15, 0.2) is 12.6 Å². The standard InChI is InChI=1S/C27H52N4O12/c1-12-18(35)26(40-11-27(12,2)39)43-23-16(31-24(30)20(37)19(36)17(34)10-33)9-15(29)22(21(23)38)42-25-14(28)7-6-13(41-25)5-3-4-8-32/h12-23,25-26,32-39H,3-11,28-29H2,1-2H3,(H2,30,31)/t12-,13-,14?,15+,16-,17?,18?,19?,20?,21?,22?,23?,25-,26-,27?/m1/s1. The van der Waals surface area contributed by atoms with E-state index in [-0.39, 0.29) is 25.7 Å². The van der Waals surface area contributed by atoms with Crippen LogP contribution in [0.25, 0.3) is 0 Å². The Balaban J connectivity index is 1.79. The molecule has 9 unspecified atom stereocenters. The Labute approximate surface area is 251 Å². The Hall–Kier alpha value is -1.09. The summed E-state index contributed by atoms with van der Waals surface area (Å²) in [5, 5.41) is 92.3. The second-order valence-electron chi connectivity index (χ2n) is 12.3. The van der Waals surface area contributed by atoms with Gasteiger partial charge in [0, 0.05) is 18.6 Å². The third kappa shape index (κ3) is 9.01. The first kappa shape index (κ1) is 36.4. The topological polar surface area (TPSA) is 287 Å². The number of hydrogen-bond donors (Lipinski definition) is 12. The van der Waals surface area contributed by atoms with Crippen molar-refractivity contribution in [2.45, 2.75) is 138 Å². The normalized spacial score (nSPS) is 42.7. The fourth-order valence-electron chi connectivity index (χ4n) is 5.73. The summed E-state index contributed by atoms with van der Waals surface area (Å²) in [6.07, 6.45) is -9.56. The van der Waals surface area contributed by atoms with E-state index >= 15 is 0 Å². The van der Waals surface area contributed by atoms with Gasteiger partial charge in [0.05, 0.1) is 37.0 Å². The Bertz CT molecular complexity index is 874. The molecule has 2 aliphatic heterocycles. The number of rotatable bonds is 13. The lowest BCUT2D eigenvalue weighted by Gasteiger charge is -2.49. The Morgan fingerprint density at radius 3 is 2.35 bits per heavy atom. The molecule has 2 heterocycles. The van der Waals surface area contributed by atoms with Crippen LogP contribution in [0.5, 0.6) is 0 Å². The van der Waals surface area contributed by atoms with Crippen molar-refractivity contribution < 1.29 is 59.8 Å². The van der Waals surface area contributed by atoms with Crippen molar-refractivity contribution in [3.05, 3.63) is 0 Å². The molecule has 3 rings (SSSR count). The minimum absolute atomic E-state index is 0.0120. The zero-order chi connectivity index (χ0) is 32.1. The summed E-state index contributed by atoms with van der Waals surface area (Å²) in [6, 6.07) is -2.34. The van der Waals surface area contributed by atoms with Gasteiger partial charge in [-0.2, -0.15) is 0 Å².